The predicted octanol–water partition coefficient (Wildman–Crippen LogP) is 4.12. The Morgan fingerprint density at radius 3 is 2.04 bits per heavy atom. The third-order valence-electron chi connectivity index (χ3n) is 4.60. The standard InChI is InChI=1S/C23H31N3O2/c1-17(2)15-21(22(27)26(4)16-19-11-7-5-8-12-19)25-23(28)24-18(3)20-13-9-6-10-14-20/h5-14,17-18,21H,15-16H2,1-4H3,(H2,24,25,28)/t18-,21+/m1/s1. The Bertz CT molecular complexity index is 747. The van der Waals surface area contributed by atoms with Gasteiger partial charge in [0, 0.05) is 13.6 Å². The molecule has 0 aliphatic rings. The fourth-order valence-electron chi connectivity index (χ4n) is 3.12. The third-order valence-corrected chi connectivity index (χ3v) is 4.60. The van der Waals surface area contributed by atoms with Crippen molar-refractivity contribution in [2.75, 3.05) is 7.05 Å². The SMILES string of the molecule is CC(C)C[C@H](NC(=O)N[C@H](C)c1ccccc1)C(=O)N(C)Cc1ccccc1. The normalized spacial score (nSPS) is 12.9. The molecular formula is C23H31N3O2. The smallest absolute Gasteiger partial charge is 0.315 e. The van der Waals surface area contributed by atoms with Gasteiger partial charge in [0.25, 0.3) is 0 Å². The van der Waals surface area contributed by atoms with Crippen LogP contribution in [0.3, 0.4) is 0 Å². The van der Waals surface area contributed by atoms with Gasteiger partial charge in [-0.05, 0) is 30.4 Å². The van der Waals surface area contributed by atoms with E-state index in [2.05, 4.69) is 10.6 Å². The van der Waals surface area contributed by atoms with E-state index in [9.17, 15) is 9.59 Å². The van der Waals surface area contributed by atoms with Crippen LogP contribution in [0.4, 0.5) is 4.79 Å². The molecule has 0 aliphatic heterocycles. The zero-order chi connectivity index (χ0) is 20.5. The van der Waals surface area contributed by atoms with E-state index in [-0.39, 0.29) is 23.9 Å². The molecule has 0 unspecified atom stereocenters. The first-order chi connectivity index (χ1) is 13.4. The molecule has 0 aliphatic carbocycles. The molecule has 0 saturated carbocycles. The summed E-state index contributed by atoms with van der Waals surface area (Å²) in [5.41, 5.74) is 2.08. The number of amides is 3. The summed E-state index contributed by atoms with van der Waals surface area (Å²) in [6, 6.07) is 18.6. The number of likely N-dealkylation sites (N-methyl/N-ethyl adjacent to an activating group) is 1. The highest BCUT2D eigenvalue weighted by Gasteiger charge is 2.25. The van der Waals surface area contributed by atoms with Crippen LogP contribution in [0.5, 0.6) is 0 Å². The fourth-order valence-corrected chi connectivity index (χ4v) is 3.12. The minimum absolute atomic E-state index is 0.0833. The second-order valence-corrected chi connectivity index (χ2v) is 7.61. The molecule has 3 amide bonds. The lowest BCUT2D eigenvalue weighted by atomic mass is 10.0. The van der Waals surface area contributed by atoms with Crippen molar-refractivity contribution in [3.8, 4) is 0 Å². The van der Waals surface area contributed by atoms with Crippen LogP contribution in [-0.4, -0.2) is 29.9 Å². The van der Waals surface area contributed by atoms with Crippen molar-refractivity contribution in [2.45, 2.75) is 45.8 Å². The molecule has 5 heteroatoms. The molecular weight excluding hydrogens is 350 g/mol. The van der Waals surface area contributed by atoms with Gasteiger partial charge in [-0.15, -0.1) is 0 Å². The summed E-state index contributed by atoms with van der Waals surface area (Å²) in [5, 5.41) is 5.80. The van der Waals surface area contributed by atoms with Crippen molar-refractivity contribution in [3.63, 3.8) is 0 Å². The fraction of sp³-hybridized carbons (Fsp3) is 0.391. The van der Waals surface area contributed by atoms with Crippen LogP contribution >= 0.6 is 0 Å². The first-order valence-electron chi connectivity index (χ1n) is 9.77. The van der Waals surface area contributed by atoms with E-state index in [0.29, 0.717) is 13.0 Å². The Morgan fingerprint density at radius 2 is 1.46 bits per heavy atom. The number of hydrogen-bond donors (Lipinski definition) is 2. The Kier molecular flexibility index (Phi) is 8.05. The van der Waals surface area contributed by atoms with Gasteiger partial charge in [-0.3, -0.25) is 4.79 Å². The van der Waals surface area contributed by atoms with Crippen molar-refractivity contribution in [2.24, 2.45) is 5.92 Å². The van der Waals surface area contributed by atoms with Gasteiger partial charge in [0.2, 0.25) is 5.91 Å². The highest BCUT2D eigenvalue weighted by molar-refractivity contribution is 5.87. The first-order valence-corrected chi connectivity index (χ1v) is 9.77. The molecule has 2 aromatic rings. The Morgan fingerprint density at radius 1 is 0.893 bits per heavy atom. The van der Waals surface area contributed by atoms with E-state index in [0.717, 1.165) is 11.1 Å². The van der Waals surface area contributed by atoms with Crippen LogP contribution in [0.1, 0.15) is 44.4 Å². The molecule has 0 bridgehead atoms. The lowest BCUT2D eigenvalue weighted by Crippen LogP contribution is -2.51. The topological polar surface area (TPSA) is 61.4 Å². The molecule has 0 saturated heterocycles. The van der Waals surface area contributed by atoms with E-state index in [4.69, 9.17) is 0 Å². The van der Waals surface area contributed by atoms with Gasteiger partial charge in [-0.2, -0.15) is 0 Å². The maximum atomic E-state index is 13.0. The second kappa shape index (κ2) is 10.5. The van der Waals surface area contributed by atoms with Gasteiger partial charge in [0.15, 0.2) is 0 Å². The van der Waals surface area contributed by atoms with E-state index >= 15 is 0 Å². The van der Waals surface area contributed by atoms with Crippen molar-refractivity contribution in [1.82, 2.24) is 15.5 Å². The minimum Gasteiger partial charge on any atom is -0.340 e. The minimum atomic E-state index is -0.559. The summed E-state index contributed by atoms with van der Waals surface area (Å²) < 4.78 is 0. The lowest BCUT2D eigenvalue weighted by molar-refractivity contribution is -0.132. The second-order valence-electron chi connectivity index (χ2n) is 7.61. The number of carbonyl (C=O) groups excluding carboxylic acids is 2. The van der Waals surface area contributed by atoms with Crippen LogP contribution < -0.4 is 10.6 Å². The van der Waals surface area contributed by atoms with Gasteiger partial charge < -0.3 is 15.5 Å². The van der Waals surface area contributed by atoms with Gasteiger partial charge in [-0.1, -0.05) is 74.5 Å². The summed E-state index contributed by atoms with van der Waals surface area (Å²) in [5.74, 6) is 0.200. The number of rotatable bonds is 8. The molecule has 2 rings (SSSR count). The quantitative estimate of drug-likeness (QED) is 0.722. The van der Waals surface area contributed by atoms with Crippen LogP contribution in [0, 0.1) is 5.92 Å². The van der Waals surface area contributed by atoms with E-state index < -0.39 is 6.04 Å². The molecule has 0 aromatic heterocycles. The van der Waals surface area contributed by atoms with Gasteiger partial charge in [0.1, 0.15) is 6.04 Å². The number of urea groups is 1. The largest absolute Gasteiger partial charge is 0.340 e. The number of carbonyl (C=O) groups is 2. The molecule has 150 valence electrons. The maximum absolute atomic E-state index is 13.0. The molecule has 0 heterocycles. The molecule has 0 radical (unpaired) electrons. The number of benzene rings is 2. The monoisotopic (exact) mass is 381 g/mol. The number of nitrogens with zero attached hydrogens (tertiary/aromatic N) is 1. The van der Waals surface area contributed by atoms with Crippen LogP contribution in [0.15, 0.2) is 60.7 Å². The van der Waals surface area contributed by atoms with E-state index in [1.54, 1.807) is 11.9 Å². The Hall–Kier alpha value is -2.82. The summed E-state index contributed by atoms with van der Waals surface area (Å²) in [6.07, 6.45) is 0.588. The van der Waals surface area contributed by atoms with Gasteiger partial charge in [0.05, 0.1) is 6.04 Å². The molecule has 2 N–H and O–H groups in total. The third kappa shape index (κ3) is 6.72. The predicted molar refractivity (Wildman–Crippen MR) is 113 cm³/mol. The van der Waals surface area contributed by atoms with Crippen LogP contribution in [-0.2, 0) is 11.3 Å². The average molecular weight is 382 g/mol. The number of hydrogen-bond acceptors (Lipinski definition) is 2. The van der Waals surface area contributed by atoms with Gasteiger partial charge in [-0.25, -0.2) is 4.79 Å². The Labute approximate surface area is 168 Å². The highest BCUT2D eigenvalue weighted by Crippen LogP contribution is 2.13. The molecule has 2 aromatic carbocycles. The van der Waals surface area contributed by atoms with Gasteiger partial charge >= 0.3 is 6.03 Å². The molecule has 28 heavy (non-hydrogen) atoms. The highest BCUT2D eigenvalue weighted by atomic mass is 16.2. The van der Waals surface area contributed by atoms with E-state index in [1.165, 1.54) is 0 Å². The van der Waals surface area contributed by atoms with Crippen molar-refractivity contribution in [3.05, 3.63) is 71.8 Å². The summed E-state index contributed by atoms with van der Waals surface area (Å²) in [6.45, 7) is 6.53. The molecule has 2 atom stereocenters. The number of nitrogens with one attached hydrogen (secondary N) is 2. The summed E-state index contributed by atoms with van der Waals surface area (Å²) in [4.78, 5) is 27.1. The zero-order valence-corrected chi connectivity index (χ0v) is 17.2. The van der Waals surface area contributed by atoms with Crippen molar-refractivity contribution < 1.29 is 9.59 Å². The van der Waals surface area contributed by atoms with Crippen LogP contribution in [0.25, 0.3) is 0 Å². The lowest BCUT2D eigenvalue weighted by Gasteiger charge is -2.26. The van der Waals surface area contributed by atoms with E-state index in [1.807, 2.05) is 81.4 Å². The van der Waals surface area contributed by atoms with Crippen LogP contribution in [0.2, 0.25) is 0 Å². The molecule has 5 nitrogen and oxygen atoms in total. The van der Waals surface area contributed by atoms with Crippen molar-refractivity contribution >= 4 is 11.9 Å². The first kappa shape index (κ1) is 21.5. The zero-order valence-electron chi connectivity index (χ0n) is 17.2. The van der Waals surface area contributed by atoms with Crippen molar-refractivity contribution in [1.29, 1.82) is 0 Å². The molecule has 0 fully saturated rings. The molecule has 0 spiro atoms. The Balaban J connectivity index is 1.99. The summed E-state index contributed by atoms with van der Waals surface area (Å²) in [7, 11) is 1.77. The summed E-state index contributed by atoms with van der Waals surface area (Å²) >= 11 is 0. The average Bonchev–Trinajstić information content (AvgIpc) is 2.67. The maximum Gasteiger partial charge on any atom is 0.315 e.